The van der Waals surface area contributed by atoms with Gasteiger partial charge in [-0.25, -0.2) is 4.98 Å². The number of nitrogens with zero attached hydrogens (tertiary/aromatic N) is 2. The number of pyridine rings is 1. The third kappa shape index (κ3) is 3.21. The molecule has 18 heavy (non-hydrogen) atoms. The number of ether oxygens (including phenoxy) is 1. The summed E-state index contributed by atoms with van der Waals surface area (Å²) in [4.78, 5) is 6.72. The minimum atomic E-state index is 0.292. The lowest BCUT2D eigenvalue weighted by molar-refractivity contribution is 0.207. The van der Waals surface area contributed by atoms with E-state index in [1.54, 1.807) is 13.3 Å². The molecule has 2 rings (SSSR count). The van der Waals surface area contributed by atoms with Crippen LogP contribution in [-0.4, -0.2) is 41.3 Å². The van der Waals surface area contributed by atoms with Gasteiger partial charge in [0.1, 0.15) is 0 Å². The van der Waals surface area contributed by atoms with E-state index in [2.05, 4.69) is 16.0 Å². The first-order chi connectivity index (χ1) is 8.85. The summed E-state index contributed by atoms with van der Waals surface area (Å²) >= 11 is 0. The summed E-state index contributed by atoms with van der Waals surface area (Å²) in [6.45, 7) is 2.32. The highest BCUT2D eigenvalue weighted by atomic mass is 16.5. The van der Waals surface area contributed by atoms with Crippen molar-refractivity contribution in [1.29, 1.82) is 0 Å². The first-order valence-corrected chi connectivity index (χ1v) is 6.68. The van der Waals surface area contributed by atoms with Crippen LogP contribution in [0.4, 0.5) is 0 Å². The van der Waals surface area contributed by atoms with E-state index in [1.807, 2.05) is 6.07 Å². The van der Waals surface area contributed by atoms with Gasteiger partial charge < -0.3 is 9.84 Å². The average Bonchev–Trinajstić information content (AvgIpc) is 2.84. The van der Waals surface area contributed by atoms with E-state index in [-0.39, 0.29) is 0 Å². The zero-order valence-electron chi connectivity index (χ0n) is 11.0. The van der Waals surface area contributed by atoms with Crippen LogP contribution >= 0.6 is 0 Å². The van der Waals surface area contributed by atoms with Crippen LogP contribution in [0.3, 0.4) is 0 Å². The van der Waals surface area contributed by atoms with Gasteiger partial charge in [-0.3, -0.25) is 4.90 Å². The predicted molar refractivity (Wildman–Crippen MR) is 70.5 cm³/mol. The van der Waals surface area contributed by atoms with Gasteiger partial charge in [-0.1, -0.05) is 6.07 Å². The van der Waals surface area contributed by atoms with Gasteiger partial charge in [-0.2, -0.15) is 0 Å². The molecule has 1 unspecified atom stereocenters. The third-order valence-corrected chi connectivity index (χ3v) is 3.61. The van der Waals surface area contributed by atoms with Crippen molar-refractivity contribution in [3.8, 4) is 5.88 Å². The molecular formula is C14H22N2O2. The van der Waals surface area contributed by atoms with Crippen molar-refractivity contribution < 1.29 is 9.84 Å². The Balaban J connectivity index is 1.99. The van der Waals surface area contributed by atoms with Crippen LogP contribution in [0.5, 0.6) is 5.88 Å². The Morgan fingerprint density at radius 3 is 3.22 bits per heavy atom. The van der Waals surface area contributed by atoms with Crippen LogP contribution in [-0.2, 0) is 6.54 Å². The molecule has 0 radical (unpaired) electrons. The summed E-state index contributed by atoms with van der Waals surface area (Å²) < 4.78 is 5.29. The largest absolute Gasteiger partial charge is 0.481 e. The number of aliphatic hydroxyl groups excluding tert-OH is 1. The van der Waals surface area contributed by atoms with Gasteiger partial charge in [0.05, 0.1) is 7.11 Å². The van der Waals surface area contributed by atoms with Crippen LogP contribution in [0, 0.1) is 0 Å². The highest BCUT2D eigenvalue weighted by Gasteiger charge is 2.24. The standard InChI is InChI=1S/C14H22N2O2/c1-18-14-12(5-2-8-15-14)11-16-9-3-6-13(16)7-4-10-17/h2,5,8,13,17H,3-4,6-7,9-11H2,1H3. The molecular weight excluding hydrogens is 228 g/mol. The van der Waals surface area contributed by atoms with Crippen LogP contribution in [0.2, 0.25) is 0 Å². The molecule has 1 aliphatic heterocycles. The van der Waals surface area contributed by atoms with Crippen molar-refractivity contribution in [2.24, 2.45) is 0 Å². The molecule has 1 fully saturated rings. The van der Waals surface area contributed by atoms with Gasteiger partial charge in [0, 0.05) is 31.0 Å². The first kappa shape index (κ1) is 13.3. The summed E-state index contributed by atoms with van der Waals surface area (Å²) in [7, 11) is 1.67. The highest BCUT2D eigenvalue weighted by Crippen LogP contribution is 2.25. The van der Waals surface area contributed by atoms with Crippen molar-refractivity contribution in [2.75, 3.05) is 20.3 Å². The second kappa shape index (κ2) is 6.71. The zero-order chi connectivity index (χ0) is 12.8. The quantitative estimate of drug-likeness (QED) is 0.836. The molecule has 2 heterocycles. The molecule has 1 aliphatic rings. The minimum absolute atomic E-state index is 0.292. The maximum atomic E-state index is 8.94. The number of rotatable bonds is 6. The molecule has 0 amide bonds. The highest BCUT2D eigenvalue weighted by molar-refractivity contribution is 5.25. The van der Waals surface area contributed by atoms with Crippen molar-refractivity contribution in [3.05, 3.63) is 23.9 Å². The third-order valence-electron chi connectivity index (χ3n) is 3.61. The Bertz CT molecular complexity index is 371. The molecule has 1 N–H and O–H groups in total. The van der Waals surface area contributed by atoms with E-state index in [1.165, 1.54) is 12.8 Å². The molecule has 4 heteroatoms. The van der Waals surface area contributed by atoms with Crippen LogP contribution in [0.1, 0.15) is 31.2 Å². The van der Waals surface area contributed by atoms with Gasteiger partial charge in [-0.15, -0.1) is 0 Å². The minimum Gasteiger partial charge on any atom is -0.481 e. The molecule has 0 bridgehead atoms. The smallest absolute Gasteiger partial charge is 0.217 e. The van der Waals surface area contributed by atoms with Crippen molar-refractivity contribution in [1.82, 2.24) is 9.88 Å². The average molecular weight is 250 g/mol. The number of hydrogen-bond acceptors (Lipinski definition) is 4. The van der Waals surface area contributed by atoms with Crippen molar-refractivity contribution >= 4 is 0 Å². The van der Waals surface area contributed by atoms with Gasteiger partial charge in [0.25, 0.3) is 0 Å². The van der Waals surface area contributed by atoms with Crippen molar-refractivity contribution in [2.45, 2.75) is 38.3 Å². The Morgan fingerprint density at radius 2 is 2.44 bits per heavy atom. The molecule has 1 atom stereocenters. The van der Waals surface area contributed by atoms with E-state index in [9.17, 15) is 0 Å². The SMILES string of the molecule is COc1ncccc1CN1CCCC1CCCO. The van der Waals surface area contributed by atoms with E-state index < -0.39 is 0 Å². The van der Waals surface area contributed by atoms with Crippen LogP contribution in [0.15, 0.2) is 18.3 Å². The fourth-order valence-corrected chi connectivity index (χ4v) is 2.70. The maximum absolute atomic E-state index is 8.94. The summed E-state index contributed by atoms with van der Waals surface area (Å²) in [5.41, 5.74) is 1.15. The predicted octanol–water partition coefficient (Wildman–Crippen LogP) is 1.83. The van der Waals surface area contributed by atoms with Gasteiger partial charge in [0.15, 0.2) is 0 Å². The molecule has 1 aromatic rings. The normalized spacial score (nSPS) is 20.2. The molecule has 0 saturated carbocycles. The number of methoxy groups -OCH3 is 1. The molecule has 1 saturated heterocycles. The van der Waals surface area contributed by atoms with Crippen molar-refractivity contribution in [3.63, 3.8) is 0 Å². The van der Waals surface area contributed by atoms with E-state index in [0.29, 0.717) is 12.6 Å². The summed E-state index contributed by atoms with van der Waals surface area (Å²) in [5, 5.41) is 8.94. The van der Waals surface area contributed by atoms with Crippen LogP contribution < -0.4 is 4.74 Å². The van der Waals surface area contributed by atoms with E-state index >= 15 is 0 Å². The second-order valence-corrected chi connectivity index (χ2v) is 4.80. The monoisotopic (exact) mass is 250 g/mol. The second-order valence-electron chi connectivity index (χ2n) is 4.80. The Kier molecular flexibility index (Phi) is 4.96. The molecule has 0 aliphatic carbocycles. The van der Waals surface area contributed by atoms with E-state index in [4.69, 9.17) is 9.84 Å². The lowest BCUT2D eigenvalue weighted by atomic mass is 10.1. The molecule has 0 spiro atoms. The molecule has 0 aromatic carbocycles. The lowest BCUT2D eigenvalue weighted by Crippen LogP contribution is -2.29. The van der Waals surface area contributed by atoms with Crippen LogP contribution in [0.25, 0.3) is 0 Å². The fourth-order valence-electron chi connectivity index (χ4n) is 2.70. The Morgan fingerprint density at radius 1 is 1.56 bits per heavy atom. The molecule has 4 nitrogen and oxygen atoms in total. The van der Waals surface area contributed by atoms with Gasteiger partial charge in [-0.05, 0) is 38.3 Å². The topological polar surface area (TPSA) is 45.6 Å². The first-order valence-electron chi connectivity index (χ1n) is 6.68. The fraction of sp³-hybridized carbons (Fsp3) is 0.643. The molecule has 1 aromatic heterocycles. The number of likely N-dealkylation sites (tertiary alicyclic amines) is 1. The van der Waals surface area contributed by atoms with Gasteiger partial charge >= 0.3 is 0 Å². The number of aromatic nitrogens is 1. The summed E-state index contributed by atoms with van der Waals surface area (Å²) in [5.74, 6) is 0.727. The summed E-state index contributed by atoms with van der Waals surface area (Å²) in [6, 6.07) is 4.63. The lowest BCUT2D eigenvalue weighted by Gasteiger charge is -2.24. The van der Waals surface area contributed by atoms with Gasteiger partial charge in [0.2, 0.25) is 5.88 Å². The maximum Gasteiger partial charge on any atom is 0.217 e. The number of aliphatic hydroxyl groups is 1. The molecule has 100 valence electrons. The number of hydrogen-bond donors (Lipinski definition) is 1. The zero-order valence-corrected chi connectivity index (χ0v) is 11.0. The Hall–Kier alpha value is -1.13. The van der Waals surface area contributed by atoms with E-state index in [0.717, 1.165) is 37.4 Å². The summed E-state index contributed by atoms with van der Waals surface area (Å²) in [6.07, 6.45) is 6.22. The Labute approximate surface area is 109 Å².